The summed E-state index contributed by atoms with van der Waals surface area (Å²) in [7, 11) is 0. The monoisotopic (exact) mass is 213 g/mol. The fraction of sp³-hybridized carbons (Fsp3) is 1.00. The first-order valence-electron chi connectivity index (χ1n) is 6.64. The van der Waals surface area contributed by atoms with E-state index in [1.165, 1.54) is 38.5 Å². The Kier molecular flexibility index (Phi) is 6.26. The summed E-state index contributed by atoms with van der Waals surface area (Å²) in [6, 6.07) is 0.955. The Morgan fingerprint density at radius 3 is 2.27 bits per heavy atom. The van der Waals surface area contributed by atoms with Gasteiger partial charge in [0.15, 0.2) is 0 Å². The van der Waals surface area contributed by atoms with Crippen molar-refractivity contribution in [2.45, 2.75) is 70.9 Å². The predicted molar refractivity (Wildman–Crippen MR) is 65.0 cm³/mol. The topological polar surface area (TPSA) is 32.3 Å². The van der Waals surface area contributed by atoms with E-state index in [0.29, 0.717) is 18.0 Å². The predicted octanol–water partition coefficient (Wildman–Crippen LogP) is 2.71. The van der Waals surface area contributed by atoms with Gasteiger partial charge >= 0.3 is 0 Å². The highest BCUT2D eigenvalue weighted by atomic mass is 16.3. The molecule has 0 heterocycles. The SMILES string of the molecule is CC[C@H](C)[C@@H](CO)NC1CCCCCC1. The van der Waals surface area contributed by atoms with Crippen LogP contribution in [0.15, 0.2) is 0 Å². The Labute approximate surface area is 94.5 Å². The molecule has 1 aliphatic rings. The lowest BCUT2D eigenvalue weighted by Crippen LogP contribution is -2.44. The van der Waals surface area contributed by atoms with Crippen molar-refractivity contribution in [3.63, 3.8) is 0 Å². The number of rotatable bonds is 5. The van der Waals surface area contributed by atoms with Gasteiger partial charge in [-0.2, -0.15) is 0 Å². The van der Waals surface area contributed by atoms with Crippen LogP contribution in [0.2, 0.25) is 0 Å². The second kappa shape index (κ2) is 7.24. The van der Waals surface area contributed by atoms with Crippen molar-refractivity contribution in [1.82, 2.24) is 5.32 Å². The normalized spacial score (nSPS) is 23.4. The third kappa shape index (κ3) is 4.52. The highest BCUT2D eigenvalue weighted by Crippen LogP contribution is 2.19. The summed E-state index contributed by atoms with van der Waals surface area (Å²) in [5, 5.41) is 13.0. The van der Waals surface area contributed by atoms with Crippen LogP contribution in [-0.2, 0) is 0 Å². The molecule has 0 aromatic carbocycles. The first-order valence-corrected chi connectivity index (χ1v) is 6.64. The molecule has 0 radical (unpaired) electrons. The third-order valence-electron chi connectivity index (χ3n) is 3.83. The second-order valence-corrected chi connectivity index (χ2v) is 5.03. The maximum atomic E-state index is 9.37. The van der Waals surface area contributed by atoms with E-state index >= 15 is 0 Å². The fourth-order valence-electron chi connectivity index (χ4n) is 2.43. The van der Waals surface area contributed by atoms with Gasteiger partial charge in [-0.05, 0) is 18.8 Å². The summed E-state index contributed by atoms with van der Waals surface area (Å²) in [4.78, 5) is 0. The van der Waals surface area contributed by atoms with Crippen LogP contribution in [0.3, 0.4) is 0 Å². The van der Waals surface area contributed by atoms with Crippen molar-refractivity contribution in [1.29, 1.82) is 0 Å². The maximum absolute atomic E-state index is 9.37. The number of aliphatic hydroxyl groups is 1. The molecule has 90 valence electrons. The lowest BCUT2D eigenvalue weighted by atomic mass is 9.97. The highest BCUT2D eigenvalue weighted by molar-refractivity contribution is 4.78. The average molecular weight is 213 g/mol. The van der Waals surface area contributed by atoms with Gasteiger partial charge < -0.3 is 10.4 Å². The summed E-state index contributed by atoms with van der Waals surface area (Å²) in [5.41, 5.74) is 0. The summed E-state index contributed by atoms with van der Waals surface area (Å²) in [6.07, 6.45) is 9.24. The van der Waals surface area contributed by atoms with Crippen LogP contribution in [0.4, 0.5) is 0 Å². The fourth-order valence-corrected chi connectivity index (χ4v) is 2.43. The van der Waals surface area contributed by atoms with E-state index in [9.17, 15) is 5.11 Å². The quantitative estimate of drug-likeness (QED) is 0.688. The standard InChI is InChI=1S/C13H27NO/c1-3-11(2)13(10-15)14-12-8-6-4-5-7-9-12/h11-15H,3-10H2,1-2H3/t11-,13+/m0/s1. The highest BCUT2D eigenvalue weighted by Gasteiger charge is 2.19. The molecule has 0 unspecified atom stereocenters. The molecule has 0 amide bonds. The molecule has 0 bridgehead atoms. The van der Waals surface area contributed by atoms with Crippen LogP contribution < -0.4 is 5.32 Å². The smallest absolute Gasteiger partial charge is 0.0587 e. The lowest BCUT2D eigenvalue weighted by Gasteiger charge is -2.27. The van der Waals surface area contributed by atoms with Gasteiger partial charge in [0.25, 0.3) is 0 Å². The van der Waals surface area contributed by atoms with Crippen LogP contribution in [0.5, 0.6) is 0 Å². The molecule has 0 spiro atoms. The molecule has 2 nitrogen and oxygen atoms in total. The van der Waals surface area contributed by atoms with Gasteiger partial charge in [0.1, 0.15) is 0 Å². The Hall–Kier alpha value is -0.0800. The molecule has 2 atom stereocenters. The zero-order valence-corrected chi connectivity index (χ0v) is 10.3. The first kappa shape index (κ1) is 13.0. The molecule has 0 aliphatic heterocycles. The first-order chi connectivity index (χ1) is 7.27. The number of nitrogens with one attached hydrogen (secondary N) is 1. The van der Waals surface area contributed by atoms with Crippen LogP contribution in [0.1, 0.15) is 58.8 Å². The molecule has 2 heteroatoms. The van der Waals surface area contributed by atoms with Crippen molar-refractivity contribution in [2.75, 3.05) is 6.61 Å². The minimum atomic E-state index is 0.283. The summed E-state index contributed by atoms with van der Waals surface area (Å²) in [6.45, 7) is 4.71. The Balaban J connectivity index is 2.35. The molecule has 0 aromatic heterocycles. The molecular weight excluding hydrogens is 186 g/mol. The van der Waals surface area contributed by atoms with Gasteiger partial charge in [0.2, 0.25) is 0 Å². The van der Waals surface area contributed by atoms with Crippen LogP contribution >= 0.6 is 0 Å². The summed E-state index contributed by atoms with van der Waals surface area (Å²) in [5.74, 6) is 0.582. The van der Waals surface area contributed by atoms with Crippen LogP contribution in [-0.4, -0.2) is 23.8 Å². The van der Waals surface area contributed by atoms with Crippen molar-refractivity contribution in [3.8, 4) is 0 Å². The molecular formula is C13H27NO. The van der Waals surface area contributed by atoms with E-state index in [-0.39, 0.29) is 6.61 Å². The van der Waals surface area contributed by atoms with E-state index in [4.69, 9.17) is 0 Å². The second-order valence-electron chi connectivity index (χ2n) is 5.03. The number of hydrogen-bond acceptors (Lipinski definition) is 2. The molecule has 0 aromatic rings. The van der Waals surface area contributed by atoms with Crippen LogP contribution in [0.25, 0.3) is 0 Å². The Morgan fingerprint density at radius 1 is 1.20 bits per heavy atom. The summed E-state index contributed by atoms with van der Waals surface area (Å²) < 4.78 is 0. The molecule has 0 saturated heterocycles. The minimum absolute atomic E-state index is 0.283. The Bertz CT molecular complexity index is 153. The molecule has 1 rings (SSSR count). The van der Waals surface area contributed by atoms with Gasteiger partial charge in [-0.25, -0.2) is 0 Å². The van der Waals surface area contributed by atoms with Crippen molar-refractivity contribution in [2.24, 2.45) is 5.92 Å². The molecule has 1 fully saturated rings. The van der Waals surface area contributed by atoms with Gasteiger partial charge in [0, 0.05) is 12.1 Å². The van der Waals surface area contributed by atoms with Gasteiger partial charge in [-0.15, -0.1) is 0 Å². The lowest BCUT2D eigenvalue weighted by molar-refractivity contribution is 0.186. The van der Waals surface area contributed by atoms with E-state index in [1.54, 1.807) is 0 Å². The largest absolute Gasteiger partial charge is 0.395 e. The molecule has 2 N–H and O–H groups in total. The minimum Gasteiger partial charge on any atom is -0.395 e. The molecule has 1 saturated carbocycles. The molecule has 1 aliphatic carbocycles. The van der Waals surface area contributed by atoms with E-state index in [2.05, 4.69) is 19.2 Å². The number of hydrogen-bond donors (Lipinski definition) is 2. The number of aliphatic hydroxyl groups excluding tert-OH is 1. The maximum Gasteiger partial charge on any atom is 0.0587 e. The van der Waals surface area contributed by atoms with Gasteiger partial charge in [-0.3, -0.25) is 0 Å². The Morgan fingerprint density at radius 2 is 1.80 bits per heavy atom. The summed E-state index contributed by atoms with van der Waals surface area (Å²) >= 11 is 0. The zero-order chi connectivity index (χ0) is 11.1. The zero-order valence-electron chi connectivity index (χ0n) is 10.3. The third-order valence-corrected chi connectivity index (χ3v) is 3.83. The van der Waals surface area contributed by atoms with Gasteiger partial charge in [-0.1, -0.05) is 46.0 Å². The molecule has 15 heavy (non-hydrogen) atoms. The van der Waals surface area contributed by atoms with Crippen molar-refractivity contribution < 1.29 is 5.11 Å². The van der Waals surface area contributed by atoms with Crippen molar-refractivity contribution >= 4 is 0 Å². The van der Waals surface area contributed by atoms with Crippen molar-refractivity contribution in [3.05, 3.63) is 0 Å². The van der Waals surface area contributed by atoms with E-state index in [0.717, 1.165) is 6.42 Å². The average Bonchev–Trinajstić information content (AvgIpc) is 2.53. The van der Waals surface area contributed by atoms with Gasteiger partial charge in [0.05, 0.1) is 6.61 Å². The van der Waals surface area contributed by atoms with E-state index < -0.39 is 0 Å². The van der Waals surface area contributed by atoms with E-state index in [1.807, 2.05) is 0 Å². The van der Waals surface area contributed by atoms with Crippen LogP contribution in [0, 0.1) is 5.92 Å².